The van der Waals surface area contributed by atoms with E-state index in [0.717, 1.165) is 17.8 Å². The van der Waals surface area contributed by atoms with Crippen molar-refractivity contribution in [3.05, 3.63) is 41.5 Å². The van der Waals surface area contributed by atoms with E-state index in [-0.39, 0.29) is 18.5 Å². The van der Waals surface area contributed by atoms with Crippen LogP contribution in [-0.4, -0.2) is 29.2 Å². The molecule has 0 spiro atoms. The Morgan fingerprint density at radius 1 is 1.38 bits per heavy atom. The molecule has 0 fully saturated rings. The van der Waals surface area contributed by atoms with Gasteiger partial charge >= 0.3 is 0 Å². The van der Waals surface area contributed by atoms with E-state index in [0.29, 0.717) is 18.3 Å². The quantitative estimate of drug-likeness (QED) is 0.825. The monoisotopic (exact) mass is 312 g/mol. The molecule has 1 atom stereocenters. The average molecular weight is 313 g/mol. The molecule has 2 aromatic rings. The fourth-order valence-corrected chi connectivity index (χ4v) is 1.89. The molecule has 0 saturated carbocycles. The Balaban J connectivity index is 0.00000220. The first-order chi connectivity index (χ1) is 9.58. The minimum Gasteiger partial charge on any atom is -0.399 e. The van der Waals surface area contributed by atoms with Crippen LogP contribution in [-0.2, 0) is 17.8 Å². The molecule has 0 aliphatic heterocycles. The fourth-order valence-electron chi connectivity index (χ4n) is 1.89. The molecule has 7 heteroatoms. The number of hydrogen-bond acceptors (Lipinski definition) is 6. The minimum atomic E-state index is -0.160. The van der Waals surface area contributed by atoms with Crippen molar-refractivity contribution in [2.24, 2.45) is 0 Å². The summed E-state index contributed by atoms with van der Waals surface area (Å²) in [5, 5.41) is 3.90. The number of aromatic nitrogens is 2. The van der Waals surface area contributed by atoms with Crippen molar-refractivity contribution in [2.75, 3.05) is 19.9 Å². The van der Waals surface area contributed by atoms with Gasteiger partial charge in [0.15, 0.2) is 5.82 Å². The summed E-state index contributed by atoms with van der Waals surface area (Å²) in [4.78, 5) is 6.40. The number of methoxy groups -OCH3 is 1. The molecule has 2 rings (SSSR count). The lowest BCUT2D eigenvalue weighted by Gasteiger charge is -2.14. The normalized spacial score (nSPS) is 12.2. The van der Waals surface area contributed by atoms with Gasteiger partial charge in [-0.3, -0.25) is 4.90 Å². The zero-order chi connectivity index (χ0) is 14.5. The summed E-state index contributed by atoms with van der Waals surface area (Å²) in [6.45, 7) is 3.23. The van der Waals surface area contributed by atoms with Crippen LogP contribution in [0.15, 0.2) is 28.8 Å². The predicted octanol–water partition coefficient (Wildman–Crippen LogP) is 2.41. The lowest BCUT2D eigenvalue weighted by Crippen LogP contribution is -2.17. The van der Waals surface area contributed by atoms with Crippen LogP contribution in [0.1, 0.15) is 30.3 Å². The largest absolute Gasteiger partial charge is 0.399 e. The molecule has 0 radical (unpaired) electrons. The maximum atomic E-state index is 5.77. The number of ether oxygens (including phenoxy) is 1. The fraction of sp³-hybridized carbons (Fsp3) is 0.429. The van der Waals surface area contributed by atoms with Gasteiger partial charge in [-0.25, -0.2) is 0 Å². The maximum absolute atomic E-state index is 5.77. The molecule has 116 valence electrons. The summed E-state index contributed by atoms with van der Waals surface area (Å²) in [7, 11) is 3.61. The Morgan fingerprint density at radius 2 is 2.14 bits per heavy atom. The van der Waals surface area contributed by atoms with Crippen molar-refractivity contribution in [3.8, 4) is 0 Å². The molecule has 21 heavy (non-hydrogen) atoms. The second-order valence-electron chi connectivity index (χ2n) is 4.84. The molecule has 0 saturated heterocycles. The summed E-state index contributed by atoms with van der Waals surface area (Å²) in [5.74, 6) is 1.15. The highest BCUT2D eigenvalue weighted by Gasteiger charge is 2.14. The zero-order valence-electron chi connectivity index (χ0n) is 12.4. The first-order valence-corrected chi connectivity index (χ1v) is 6.46. The van der Waals surface area contributed by atoms with Crippen molar-refractivity contribution < 1.29 is 9.26 Å². The lowest BCUT2D eigenvalue weighted by atomic mass is 10.2. The van der Waals surface area contributed by atoms with E-state index >= 15 is 0 Å². The number of halogens is 1. The van der Waals surface area contributed by atoms with Crippen LogP contribution in [0.5, 0.6) is 0 Å². The van der Waals surface area contributed by atoms with Gasteiger partial charge in [0, 0.05) is 19.3 Å². The summed E-state index contributed by atoms with van der Waals surface area (Å²) in [5.41, 5.74) is 7.68. The van der Waals surface area contributed by atoms with E-state index in [4.69, 9.17) is 15.0 Å². The molecule has 0 bridgehead atoms. The molecule has 1 unspecified atom stereocenters. The molecular weight excluding hydrogens is 292 g/mol. The van der Waals surface area contributed by atoms with E-state index in [9.17, 15) is 0 Å². The lowest BCUT2D eigenvalue weighted by molar-refractivity contribution is 0.109. The predicted molar refractivity (Wildman–Crippen MR) is 83.0 cm³/mol. The van der Waals surface area contributed by atoms with Gasteiger partial charge in [0.25, 0.3) is 0 Å². The molecule has 1 aromatic carbocycles. The second-order valence-corrected chi connectivity index (χ2v) is 4.84. The first kappa shape index (κ1) is 17.4. The second kappa shape index (κ2) is 7.97. The van der Waals surface area contributed by atoms with Crippen LogP contribution in [0.3, 0.4) is 0 Å². The highest BCUT2D eigenvalue weighted by molar-refractivity contribution is 5.85. The number of hydrogen-bond donors (Lipinski definition) is 1. The Labute approximate surface area is 130 Å². The number of rotatable bonds is 6. The molecule has 0 amide bonds. The highest BCUT2D eigenvalue weighted by Crippen LogP contribution is 2.14. The van der Waals surface area contributed by atoms with E-state index in [1.165, 1.54) is 0 Å². The van der Waals surface area contributed by atoms with Crippen LogP contribution in [0, 0.1) is 0 Å². The van der Waals surface area contributed by atoms with Crippen molar-refractivity contribution in [1.29, 1.82) is 0 Å². The van der Waals surface area contributed by atoms with E-state index in [1.54, 1.807) is 7.11 Å². The number of nitrogens with zero attached hydrogens (tertiary/aromatic N) is 3. The number of nitrogen functional groups attached to an aromatic ring is 1. The summed E-state index contributed by atoms with van der Waals surface area (Å²) in [6, 6.07) is 7.82. The van der Waals surface area contributed by atoms with E-state index < -0.39 is 0 Å². The van der Waals surface area contributed by atoms with Crippen molar-refractivity contribution in [3.63, 3.8) is 0 Å². The van der Waals surface area contributed by atoms with Gasteiger partial charge in [-0.05, 0) is 31.7 Å². The third-order valence-corrected chi connectivity index (χ3v) is 3.01. The highest BCUT2D eigenvalue weighted by atomic mass is 35.5. The SMILES string of the molecule is COC(C)c1noc(CN(C)Cc2cccc(N)c2)n1.Cl. The smallest absolute Gasteiger partial charge is 0.240 e. The molecule has 6 nitrogen and oxygen atoms in total. The van der Waals surface area contributed by atoms with Gasteiger partial charge in [0.2, 0.25) is 5.89 Å². The Kier molecular flexibility index (Phi) is 6.61. The Bertz CT molecular complexity index is 561. The van der Waals surface area contributed by atoms with Crippen LogP contribution in [0.2, 0.25) is 0 Å². The van der Waals surface area contributed by atoms with Crippen molar-refractivity contribution in [1.82, 2.24) is 15.0 Å². The van der Waals surface area contributed by atoms with Crippen molar-refractivity contribution >= 4 is 18.1 Å². The van der Waals surface area contributed by atoms with Gasteiger partial charge in [-0.2, -0.15) is 4.98 Å². The number of anilines is 1. The molecule has 0 aliphatic rings. The zero-order valence-corrected chi connectivity index (χ0v) is 13.3. The summed E-state index contributed by atoms with van der Waals surface area (Å²) >= 11 is 0. The molecular formula is C14H21ClN4O2. The van der Waals surface area contributed by atoms with Crippen LogP contribution >= 0.6 is 12.4 Å². The Morgan fingerprint density at radius 3 is 2.81 bits per heavy atom. The average Bonchev–Trinajstić information content (AvgIpc) is 2.86. The summed E-state index contributed by atoms with van der Waals surface area (Å²) < 4.78 is 10.4. The van der Waals surface area contributed by atoms with Crippen LogP contribution < -0.4 is 5.73 Å². The minimum absolute atomic E-state index is 0. The maximum Gasteiger partial charge on any atom is 0.240 e. The van der Waals surface area contributed by atoms with Gasteiger partial charge in [0.05, 0.1) is 6.54 Å². The van der Waals surface area contributed by atoms with Gasteiger partial charge in [-0.15, -0.1) is 12.4 Å². The Hall–Kier alpha value is -1.63. The van der Waals surface area contributed by atoms with E-state index in [2.05, 4.69) is 15.0 Å². The van der Waals surface area contributed by atoms with Gasteiger partial charge < -0.3 is 15.0 Å². The van der Waals surface area contributed by atoms with Crippen molar-refractivity contribution in [2.45, 2.75) is 26.1 Å². The third kappa shape index (κ3) is 5.00. The van der Waals surface area contributed by atoms with Gasteiger partial charge in [0.1, 0.15) is 6.10 Å². The summed E-state index contributed by atoms with van der Waals surface area (Å²) in [6.07, 6.45) is -0.160. The van der Waals surface area contributed by atoms with E-state index in [1.807, 2.05) is 38.2 Å². The van der Waals surface area contributed by atoms with Gasteiger partial charge in [-0.1, -0.05) is 17.3 Å². The van der Waals surface area contributed by atoms with Crippen LogP contribution in [0.25, 0.3) is 0 Å². The molecule has 0 aliphatic carbocycles. The molecule has 1 heterocycles. The third-order valence-electron chi connectivity index (χ3n) is 3.01. The topological polar surface area (TPSA) is 77.4 Å². The number of benzene rings is 1. The molecule has 1 aromatic heterocycles. The number of nitrogens with two attached hydrogens (primary N) is 1. The molecule has 2 N–H and O–H groups in total. The standard InChI is InChI=1S/C14H20N4O2.ClH/c1-10(19-3)14-16-13(20-17-14)9-18(2)8-11-5-4-6-12(15)7-11;/h4-7,10H,8-9,15H2,1-3H3;1H. The first-order valence-electron chi connectivity index (χ1n) is 6.46. The van der Waals surface area contributed by atoms with Crippen LogP contribution in [0.4, 0.5) is 5.69 Å².